The van der Waals surface area contributed by atoms with E-state index in [4.69, 9.17) is 4.42 Å². The number of hydrogen-bond acceptors (Lipinski definition) is 2. The Balaban J connectivity index is 0.953. The number of fused-ring (bicyclic) bond motifs is 13. The minimum absolute atomic E-state index is 0.537. The Bertz CT molecular complexity index is 3890. The van der Waals surface area contributed by atoms with Gasteiger partial charge < -0.3 is 9.32 Å². The number of rotatable bonds is 7. The molecule has 12 aromatic rings. The Morgan fingerprint density at radius 1 is 0.290 bits per heavy atom. The number of furan rings is 1. The van der Waals surface area contributed by atoms with E-state index in [1.54, 1.807) is 0 Å². The number of benzene rings is 11. The summed E-state index contributed by atoms with van der Waals surface area (Å²) in [5, 5.41) is 2.28. The summed E-state index contributed by atoms with van der Waals surface area (Å²) in [5.41, 5.74) is 24.3. The van der Waals surface area contributed by atoms with E-state index in [1.807, 2.05) is 12.1 Å². The fraction of sp³-hybridized carbons (Fsp3) is 0.0149. The quantitative estimate of drug-likeness (QED) is 0.159. The van der Waals surface area contributed by atoms with E-state index in [-0.39, 0.29) is 0 Å². The fourth-order valence-corrected chi connectivity index (χ4v) is 11.8. The highest BCUT2D eigenvalue weighted by atomic mass is 16.3. The topological polar surface area (TPSA) is 16.4 Å². The summed E-state index contributed by atoms with van der Waals surface area (Å²) >= 11 is 0. The van der Waals surface area contributed by atoms with Crippen molar-refractivity contribution in [3.63, 3.8) is 0 Å². The van der Waals surface area contributed by atoms with Crippen LogP contribution in [0, 0.1) is 0 Å². The Labute approximate surface area is 401 Å². The standard InChI is InChI=1S/C67H43NO/c1-2-17-44(18-3-1)48-19-14-20-49(43-48)51-21-7-12-32-62(51)68(50-41-39-46(40-42-50)45-35-37-47(38-36-45)52-26-15-28-58-56-25-8-13-34-64(56)69-66(52)58)63-33-16-27-57-55-24-6-11-31-61(55)67(65(57)63)59-29-9-4-22-53(59)54-23-5-10-30-60(54)67/h1-43H. The van der Waals surface area contributed by atoms with Gasteiger partial charge in [-0.25, -0.2) is 0 Å². The molecule has 0 N–H and O–H groups in total. The molecule has 1 heterocycles. The number of para-hydroxylation sites is 3. The molecule has 1 spiro atoms. The van der Waals surface area contributed by atoms with Crippen molar-refractivity contribution in [2.45, 2.75) is 5.41 Å². The normalized spacial score (nSPS) is 12.8. The van der Waals surface area contributed by atoms with Crippen LogP contribution in [0.15, 0.2) is 265 Å². The highest BCUT2D eigenvalue weighted by Gasteiger charge is 2.53. The van der Waals surface area contributed by atoms with Gasteiger partial charge in [-0.2, -0.15) is 0 Å². The molecule has 322 valence electrons. The van der Waals surface area contributed by atoms with E-state index in [0.29, 0.717) is 0 Å². The lowest BCUT2D eigenvalue weighted by molar-refractivity contribution is 0.670. The van der Waals surface area contributed by atoms with Crippen LogP contribution in [0.25, 0.3) is 88.7 Å². The maximum atomic E-state index is 6.43. The van der Waals surface area contributed by atoms with Gasteiger partial charge >= 0.3 is 0 Å². The average molecular weight is 878 g/mol. The lowest BCUT2D eigenvalue weighted by atomic mass is 9.70. The van der Waals surface area contributed by atoms with Crippen LogP contribution >= 0.6 is 0 Å². The monoisotopic (exact) mass is 877 g/mol. The van der Waals surface area contributed by atoms with Crippen LogP contribution in [0.4, 0.5) is 17.1 Å². The van der Waals surface area contributed by atoms with Crippen molar-refractivity contribution in [3.8, 4) is 66.8 Å². The van der Waals surface area contributed by atoms with E-state index in [1.165, 1.54) is 55.6 Å². The zero-order valence-electron chi connectivity index (χ0n) is 37.7. The third-order valence-electron chi connectivity index (χ3n) is 14.7. The predicted molar refractivity (Wildman–Crippen MR) is 286 cm³/mol. The molecule has 0 amide bonds. The first-order valence-electron chi connectivity index (χ1n) is 23.8. The van der Waals surface area contributed by atoms with Crippen LogP contribution in [-0.2, 0) is 5.41 Å². The lowest BCUT2D eigenvalue weighted by Gasteiger charge is -2.36. The van der Waals surface area contributed by atoms with Gasteiger partial charge in [-0.05, 0) is 109 Å². The molecule has 14 rings (SSSR count). The highest BCUT2D eigenvalue weighted by molar-refractivity contribution is 6.09. The molecule has 0 atom stereocenters. The smallest absolute Gasteiger partial charge is 0.143 e. The van der Waals surface area contributed by atoms with Gasteiger partial charge in [-0.3, -0.25) is 0 Å². The molecule has 2 aliphatic carbocycles. The molecule has 11 aromatic carbocycles. The number of hydrogen-bond donors (Lipinski definition) is 0. The molecule has 0 aliphatic heterocycles. The Kier molecular flexibility index (Phi) is 8.84. The zero-order chi connectivity index (χ0) is 45.5. The average Bonchev–Trinajstić information content (AvgIpc) is 4.07. The molecule has 2 heteroatoms. The minimum Gasteiger partial charge on any atom is -0.455 e. The molecule has 69 heavy (non-hydrogen) atoms. The summed E-state index contributed by atoms with van der Waals surface area (Å²) in [6.45, 7) is 0. The first-order chi connectivity index (χ1) is 34.2. The Morgan fingerprint density at radius 2 is 0.754 bits per heavy atom. The second-order valence-corrected chi connectivity index (χ2v) is 18.3. The SMILES string of the molecule is c1ccc(-c2cccc(-c3ccccc3N(c3ccc(-c4ccc(-c5cccc6c5oc5ccccc56)cc4)cc3)c3cccc4c3C3(c5ccccc5-c5ccccc53)c3ccccc3-4)c2)cc1. The molecule has 2 nitrogen and oxygen atoms in total. The van der Waals surface area contributed by atoms with Crippen LogP contribution in [0.3, 0.4) is 0 Å². The minimum atomic E-state index is -0.537. The van der Waals surface area contributed by atoms with Gasteiger partial charge in [0.05, 0.1) is 16.8 Å². The van der Waals surface area contributed by atoms with E-state index in [9.17, 15) is 0 Å². The first-order valence-corrected chi connectivity index (χ1v) is 23.8. The third kappa shape index (κ3) is 5.92. The van der Waals surface area contributed by atoms with Crippen molar-refractivity contribution in [1.29, 1.82) is 0 Å². The summed E-state index contributed by atoms with van der Waals surface area (Å²) in [4.78, 5) is 2.53. The van der Waals surface area contributed by atoms with E-state index in [0.717, 1.165) is 72.4 Å². The summed E-state index contributed by atoms with van der Waals surface area (Å²) in [6.07, 6.45) is 0. The van der Waals surface area contributed by atoms with Gasteiger partial charge in [0.15, 0.2) is 0 Å². The van der Waals surface area contributed by atoms with Crippen molar-refractivity contribution >= 4 is 39.0 Å². The van der Waals surface area contributed by atoms with Gasteiger partial charge in [0.25, 0.3) is 0 Å². The zero-order valence-corrected chi connectivity index (χ0v) is 37.7. The van der Waals surface area contributed by atoms with Gasteiger partial charge in [-0.1, -0.05) is 224 Å². The molecule has 0 radical (unpaired) electrons. The Morgan fingerprint density at radius 3 is 1.48 bits per heavy atom. The van der Waals surface area contributed by atoms with Crippen molar-refractivity contribution in [3.05, 3.63) is 283 Å². The molecular weight excluding hydrogens is 835 g/mol. The molecule has 0 unspecified atom stereocenters. The highest BCUT2D eigenvalue weighted by Crippen LogP contribution is 2.65. The number of anilines is 3. The van der Waals surface area contributed by atoms with E-state index < -0.39 is 5.41 Å². The van der Waals surface area contributed by atoms with Crippen LogP contribution in [0.2, 0.25) is 0 Å². The Hall–Kier alpha value is -8.98. The van der Waals surface area contributed by atoms with E-state index >= 15 is 0 Å². The molecule has 0 bridgehead atoms. The second kappa shape index (κ2) is 15.6. The molecule has 2 aliphatic rings. The largest absolute Gasteiger partial charge is 0.455 e. The molecule has 1 aromatic heterocycles. The van der Waals surface area contributed by atoms with Crippen molar-refractivity contribution in [2.75, 3.05) is 4.90 Å². The van der Waals surface area contributed by atoms with Crippen molar-refractivity contribution in [1.82, 2.24) is 0 Å². The second-order valence-electron chi connectivity index (χ2n) is 18.3. The lowest BCUT2D eigenvalue weighted by Crippen LogP contribution is -2.28. The summed E-state index contributed by atoms with van der Waals surface area (Å²) in [7, 11) is 0. The summed E-state index contributed by atoms with van der Waals surface area (Å²) < 4.78 is 6.43. The maximum absolute atomic E-state index is 6.43. The van der Waals surface area contributed by atoms with Crippen molar-refractivity contribution in [2.24, 2.45) is 0 Å². The predicted octanol–water partition coefficient (Wildman–Crippen LogP) is 18.1. The maximum Gasteiger partial charge on any atom is 0.143 e. The van der Waals surface area contributed by atoms with Crippen molar-refractivity contribution < 1.29 is 4.42 Å². The summed E-state index contributed by atoms with van der Waals surface area (Å²) in [5.74, 6) is 0. The molecular formula is C67H43NO. The van der Waals surface area contributed by atoms with Crippen LogP contribution in [0.5, 0.6) is 0 Å². The van der Waals surface area contributed by atoms with Gasteiger partial charge in [0, 0.05) is 33.2 Å². The van der Waals surface area contributed by atoms with Gasteiger partial charge in [0.1, 0.15) is 11.2 Å². The fourth-order valence-electron chi connectivity index (χ4n) is 11.8. The molecule has 0 fully saturated rings. The van der Waals surface area contributed by atoms with E-state index in [2.05, 4.69) is 254 Å². The van der Waals surface area contributed by atoms with Crippen LogP contribution in [0.1, 0.15) is 22.3 Å². The first kappa shape index (κ1) is 39.2. The van der Waals surface area contributed by atoms with Gasteiger partial charge in [0.2, 0.25) is 0 Å². The summed E-state index contributed by atoms with van der Waals surface area (Å²) in [6, 6.07) is 95.6. The number of nitrogens with zero attached hydrogens (tertiary/aromatic N) is 1. The van der Waals surface area contributed by atoms with Crippen LogP contribution < -0.4 is 4.90 Å². The molecule has 0 saturated carbocycles. The third-order valence-corrected chi connectivity index (χ3v) is 14.7. The molecule has 0 saturated heterocycles. The van der Waals surface area contributed by atoms with Crippen LogP contribution in [-0.4, -0.2) is 0 Å². The van der Waals surface area contributed by atoms with Gasteiger partial charge in [-0.15, -0.1) is 0 Å².